The largest absolute Gasteiger partial charge is 0.345 e. The summed E-state index contributed by atoms with van der Waals surface area (Å²) in [5.74, 6) is -0.343. The van der Waals surface area contributed by atoms with E-state index in [9.17, 15) is 9.59 Å². The molecule has 0 spiro atoms. The second kappa shape index (κ2) is 5.24. The van der Waals surface area contributed by atoms with Crippen LogP contribution < -0.4 is 5.56 Å². The SMILES string of the molecule is CN(C)C(=O)c1ccc(-c2cnccc2Cl)[nH]c1=O. The number of carbonyl (C=O) groups excluding carboxylic acids is 1. The molecule has 5 nitrogen and oxygen atoms in total. The number of hydrogen-bond donors (Lipinski definition) is 1. The Labute approximate surface area is 114 Å². The van der Waals surface area contributed by atoms with Crippen molar-refractivity contribution in [2.75, 3.05) is 14.1 Å². The Kier molecular flexibility index (Phi) is 3.66. The second-order valence-electron chi connectivity index (χ2n) is 4.17. The molecule has 0 aromatic carbocycles. The first-order chi connectivity index (χ1) is 9.00. The van der Waals surface area contributed by atoms with Crippen molar-refractivity contribution in [2.24, 2.45) is 0 Å². The maximum absolute atomic E-state index is 11.9. The van der Waals surface area contributed by atoms with Crippen LogP contribution >= 0.6 is 11.6 Å². The number of pyridine rings is 2. The molecule has 2 rings (SSSR count). The summed E-state index contributed by atoms with van der Waals surface area (Å²) in [5.41, 5.74) is 0.786. The van der Waals surface area contributed by atoms with Gasteiger partial charge in [0.2, 0.25) is 0 Å². The van der Waals surface area contributed by atoms with Crippen LogP contribution in [0.3, 0.4) is 0 Å². The van der Waals surface area contributed by atoms with Crippen LogP contribution in [-0.4, -0.2) is 34.9 Å². The van der Waals surface area contributed by atoms with E-state index in [4.69, 9.17) is 11.6 Å². The summed E-state index contributed by atoms with van der Waals surface area (Å²) >= 11 is 6.03. The fraction of sp³-hybridized carbons (Fsp3) is 0.154. The van der Waals surface area contributed by atoms with Gasteiger partial charge in [-0.2, -0.15) is 0 Å². The number of rotatable bonds is 2. The predicted molar refractivity (Wildman–Crippen MR) is 73.3 cm³/mol. The van der Waals surface area contributed by atoms with Gasteiger partial charge >= 0.3 is 0 Å². The highest BCUT2D eigenvalue weighted by Gasteiger charge is 2.13. The summed E-state index contributed by atoms with van der Waals surface area (Å²) in [7, 11) is 3.18. The highest BCUT2D eigenvalue weighted by molar-refractivity contribution is 6.33. The number of amides is 1. The lowest BCUT2D eigenvalue weighted by Crippen LogP contribution is -2.28. The molecule has 98 valence electrons. The van der Waals surface area contributed by atoms with Crippen LogP contribution in [0.25, 0.3) is 11.3 Å². The average Bonchev–Trinajstić information content (AvgIpc) is 2.38. The van der Waals surface area contributed by atoms with Crippen molar-refractivity contribution in [3.8, 4) is 11.3 Å². The average molecular weight is 278 g/mol. The second-order valence-corrected chi connectivity index (χ2v) is 4.58. The van der Waals surface area contributed by atoms with Gasteiger partial charge in [-0.05, 0) is 18.2 Å². The Hall–Kier alpha value is -2.14. The molecule has 0 aliphatic rings. The first kappa shape index (κ1) is 13.3. The number of nitrogens with one attached hydrogen (secondary N) is 1. The van der Waals surface area contributed by atoms with Gasteiger partial charge in [-0.25, -0.2) is 0 Å². The minimum atomic E-state index is -0.448. The van der Waals surface area contributed by atoms with Crippen molar-refractivity contribution in [3.63, 3.8) is 0 Å². The molecule has 0 fully saturated rings. The molecule has 0 unspecified atom stereocenters. The van der Waals surface area contributed by atoms with Crippen molar-refractivity contribution in [1.82, 2.24) is 14.9 Å². The van der Waals surface area contributed by atoms with E-state index in [1.807, 2.05) is 0 Å². The number of hydrogen-bond acceptors (Lipinski definition) is 3. The highest BCUT2D eigenvalue weighted by Crippen LogP contribution is 2.23. The minimum absolute atomic E-state index is 0.0914. The van der Waals surface area contributed by atoms with Crippen LogP contribution in [0, 0.1) is 0 Å². The first-order valence-corrected chi connectivity index (χ1v) is 5.93. The molecule has 0 aliphatic carbocycles. The van der Waals surface area contributed by atoms with Gasteiger partial charge in [0.1, 0.15) is 5.56 Å². The highest BCUT2D eigenvalue weighted by atomic mass is 35.5. The molecule has 0 saturated carbocycles. The third-order valence-corrected chi connectivity index (χ3v) is 2.93. The lowest BCUT2D eigenvalue weighted by Gasteiger charge is -2.10. The van der Waals surface area contributed by atoms with Gasteiger partial charge in [0.15, 0.2) is 0 Å². The fourth-order valence-electron chi connectivity index (χ4n) is 1.62. The lowest BCUT2D eigenvalue weighted by molar-refractivity contribution is 0.0826. The third kappa shape index (κ3) is 2.66. The van der Waals surface area contributed by atoms with Gasteiger partial charge in [-0.15, -0.1) is 0 Å². The standard InChI is InChI=1S/C13H12ClN3O2/c1-17(2)13(19)8-3-4-11(16-12(8)18)9-7-15-6-5-10(9)14/h3-7H,1-2H3,(H,16,18). The lowest BCUT2D eigenvalue weighted by atomic mass is 10.1. The zero-order valence-corrected chi connectivity index (χ0v) is 11.2. The molecule has 0 radical (unpaired) electrons. The van der Waals surface area contributed by atoms with Crippen LogP contribution in [0.2, 0.25) is 5.02 Å². The summed E-state index contributed by atoms with van der Waals surface area (Å²) in [6.45, 7) is 0. The Morgan fingerprint density at radius 2 is 2.05 bits per heavy atom. The molecule has 0 atom stereocenters. The number of H-pyrrole nitrogens is 1. The smallest absolute Gasteiger partial charge is 0.261 e. The zero-order chi connectivity index (χ0) is 14.0. The molecule has 0 aliphatic heterocycles. The van der Waals surface area contributed by atoms with Crippen LogP contribution in [0.15, 0.2) is 35.4 Å². The van der Waals surface area contributed by atoms with E-state index in [1.165, 1.54) is 11.0 Å². The van der Waals surface area contributed by atoms with Gasteiger partial charge in [-0.1, -0.05) is 11.6 Å². The molecule has 6 heteroatoms. The van der Waals surface area contributed by atoms with E-state index in [0.29, 0.717) is 16.3 Å². The Balaban J connectivity index is 2.49. The van der Waals surface area contributed by atoms with Crippen molar-refractivity contribution < 1.29 is 4.79 Å². The topological polar surface area (TPSA) is 66.1 Å². The van der Waals surface area contributed by atoms with E-state index in [-0.39, 0.29) is 11.5 Å². The van der Waals surface area contributed by atoms with Crippen molar-refractivity contribution in [1.29, 1.82) is 0 Å². The summed E-state index contributed by atoms with van der Waals surface area (Å²) in [5, 5.41) is 0.484. The maximum Gasteiger partial charge on any atom is 0.261 e. The van der Waals surface area contributed by atoms with Gasteiger partial charge in [0, 0.05) is 32.1 Å². The normalized spacial score (nSPS) is 10.3. The van der Waals surface area contributed by atoms with E-state index in [1.54, 1.807) is 38.6 Å². The quantitative estimate of drug-likeness (QED) is 0.910. The third-order valence-electron chi connectivity index (χ3n) is 2.60. The molecule has 2 heterocycles. The van der Waals surface area contributed by atoms with E-state index in [2.05, 4.69) is 9.97 Å². The number of carbonyl (C=O) groups is 1. The molecule has 2 aromatic rings. The zero-order valence-electron chi connectivity index (χ0n) is 10.5. The van der Waals surface area contributed by atoms with Crippen LogP contribution in [-0.2, 0) is 0 Å². The van der Waals surface area contributed by atoms with E-state index >= 15 is 0 Å². The van der Waals surface area contributed by atoms with Gasteiger partial charge in [-0.3, -0.25) is 14.6 Å². The maximum atomic E-state index is 11.9. The molecule has 0 saturated heterocycles. The molecular formula is C13H12ClN3O2. The Morgan fingerprint density at radius 1 is 1.32 bits per heavy atom. The number of aromatic nitrogens is 2. The molecule has 0 bridgehead atoms. The monoisotopic (exact) mass is 277 g/mol. The molecule has 19 heavy (non-hydrogen) atoms. The van der Waals surface area contributed by atoms with Crippen LogP contribution in [0.4, 0.5) is 0 Å². The van der Waals surface area contributed by atoms with E-state index in [0.717, 1.165) is 0 Å². The molecule has 2 aromatic heterocycles. The van der Waals surface area contributed by atoms with Crippen molar-refractivity contribution in [3.05, 3.63) is 51.5 Å². The van der Waals surface area contributed by atoms with Crippen LogP contribution in [0.1, 0.15) is 10.4 Å². The molecular weight excluding hydrogens is 266 g/mol. The number of aromatic amines is 1. The van der Waals surface area contributed by atoms with Crippen molar-refractivity contribution in [2.45, 2.75) is 0 Å². The Bertz CT molecular complexity index is 680. The van der Waals surface area contributed by atoms with Gasteiger partial charge in [0.25, 0.3) is 11.5 Å². The van der Waals surface area contributed by atoms with Crippen molar-refractivity contribution >= 4 is 17.5 Å². The summed E-state index contributed by atoms with van der Waals surface area (Å²) < 4.78 is 0. The van der Waals surface area contributed by atoms with E-state index < -0.39 is 5.56 Å². The number of nitrogens with zero attached hydrogens (tertiary/aromatic N) is 2. The Morgan fingerprint density at radius 3 is 2.63 bits per heavy atom. The molecule has 1 amide bonds. The summed E-state index contributed by atoms with van der Waals surface area (Å²) in [6, 6.07) is 4.76. The van der Waals surface area contributed by atoms with Gasteiger partial charge < -0.3 is 9.88 Å². The fourth-order valence-corrected chi connectivity index (χ4v) is 1.82. The predicted octanol–water partition coefficient (Wildman–Crippen LogP) is 1.79. The summed E-state index contributed by atoms with van der Waals surface area (Å²) in [6.07, 6.45) is 3.12. The minimum Gasteiger partial charge on any atom is -0.345 e. The number of halogens is 1. The molecule has 1 N–H and O–H groups in total. The van der Waals surface area contributed by atoms with Gasteiger partial charge in [0.05, 0.1) is 10.7 Å². The first-order valence-electron chi connectivity index (χ1n) is 5.55. The summed E-state index contributed by atoms with van der Waals surface area (Å²) in [4.78, 5) is 31.6. The van der Waals surface area contributed by atoms with Crippen LogP contribution in [0.5, 0.6) is 0 Å².